The first kappa shape index (κ1) is 11.2. The van der Waals surface area contributed by atoms with E-state index >= 15 is 0 Å². The van der Waals surface area contributed by atoms with Crippen molar-refractivity contribution in [2.75, 3.05) is 6.54 Å². The van der Waals surface area contributed by atoms with Crippen LogP contribution in [0.2, 0.25) is 0 Å². The van der Waals surface area contributed by atoms with E-state index in [-0.39, 0.29) is 5.60 Å². The summed E-state index contributed by atoms with van der Waals surface area (Å²) in [5, 5.41) is 0. The lowest BCUT2D eigenvalue weighted by atomic mass is 10.0. The number of benzene rings is 1. The van der Waals surface area contributed by atoms with E-state index < -0.39 is 0 Å². The molecule has 1 aliphatic heterocycles. The number of hydrogen-bond donors (Lipinski definition) is 1. The van der Waals surface area contributed by atoms with Crippen molar-refractivity contribution in [2.45, 2.75) is 32.3 Å². The van der Waals surface area contributed by atoms with Gasteiger partial charge in [-0.15, -0.1) is 0 Å². The lowest BCUT2D eigenvalue weighted by Gasteiger charge is -2.17. The van der Waals surface area contributed by atoms with Gasteiger partial charge in [0.05, 0.1) is 0 Å². The lowest BCUT2D eigenvalue weighted by molar-refractivity contribution is 0.138. The molecule has 16 heavy (non-hydrogen) atoms. The highest BCUT2D eigenvalue weighted by Crippen LogP contribution is 2.37. The molecule has 0 fully saturated rings. The number of ether oxygens (including phenoxy) is 1. The normalized spacial score (nSPS) is 17.4. The fourth-order valence-electron chi connectivity index (χ4n) is 2.08. The summed E-state index contributed by atoms with van der Waals surface area (Å²) >= 11 is 0. The van der Waals surface area contributed by atoms with Crippen molar-refractivity contribution in [1.82, 2.24) is 0 Å². The quantitative estimate of drug-likeness (QED) is 0.845. The lowest BCUT2D eigenvalue weighted by Crippen LogP contribution is -2.24. The van der Waals surface area contributed by atoms with E-state index in [0.717, 1.165) is 24.2 Å². The Kier molecular flexibility index (Phi) is 3.01. The minimum Gasteiger partial charge on any atom is -0.487 e. The van der Waals surface area contributed by atoms with E-state index in [4.69, 9.17) is 10.5 Å². The van der Waals surface area contributed by atoms with Crippen LogP contribution in [0.15, 0.2) is 24.3 Å². The topological polar surface area (TPSA) is 35.2 Å². The van der Waals surface area contributed by atoms with Gasteiger partial charge in [-0.3, -0.25) is 0 Å². The molecule has 1 aliphatic rings. The highest BCUT2D eigenvalue weighted by molar-refractivity contribution is 5.61. The molecule has 2 N–H and O–H groups in total. The van der Waals surface area contributed by atoms with Crippen molar-refractivity contribution >= 4 is 6.08 Å². The molecule has 0 saturated carbocycles. The van der Waals surface area contributed by atoms with E-state index in [1.54, 1.807) is 0 Å². The number of nitrogens with two attached hydrogens (primary N) is 1. The third kappa shape index (κ3) is 2.27. The van der Waals surface area contributed by atoms with Gasteiger partial charge in [-0.05, 0) is 32.4 Å². The molecule has 0 unspecified atom stereocenters. The minimum atomic E-state index is -0.0693. The molecular weight excluding hydrogens is 198 g/mol. The van der Waals surface area contributed by atoms with Crippen LogP contribution in [0.3, 0.4) is 0 Å². The highest BCUT2D eigenvalue weighted by Gasteiger charge is 2.30. The van der Waals surface area contributed by atoms with Gasteiger partial charge in [0.2, 0.25) is 0 Å². The standard InChI is InChI=1S/C14H19NO/c1-14(2)10-12-8-5-7-11(13(12)16-14)6-3-4-9-15/h3,5-8H,4,9-10,15H2,1-2H3. The van der Waals surface area contributed by atoms with Gasteiger partial charge in [0, 0.05) is 12.0 Å². The second kappa shape index (κ2) is 4.30. The van der Waals surface area contributed by atoms with E-state index in [2.05, 4.69) is 44.2 Å². The number of para-hydroxylation sites is 1. The monoisotopic (exact) mass is 217 g/mol. The van der Waals surface area contributed by atoms with Crippen molar-refractivity contribution in [3.05, 3.63) is 35.4 Å². The highest BCUT2D eigenvalue weighted by atomic mass is 16.5. The second-order valence-corrected chi connectivity index (χ2v) is 4.85. The summed E-state index contributed by atoms with van der Waals surface area (Å²) in [4.78, 5) is 0. The summed E-state index contributed by atoms with van der Waals surface area (Å²) in [5.41, 5.74) is 7.87. The Hall–Kier alpha value is -1.28. The van der Waals surface area contributed by atoms with Crippen LogP contribution >= 0.6 is 0 Å². The average Bonchev–Trinajstić information content (AvgIpc) is 2.53. The molecule has 1 aromatic carbocycles. The van der Waals surface area contributed by atoms with Crippen molar-refractivity contribution in [2.24, 2.45) is 5.73 Å². The van der Waals surface area contributed by atoms with E-state index in [9.17, 15) is 0 Å². The van der Waals surface area contributed by atoms with Crippen LogP contribution in [-0.2, 0) is 6.42 Å². The Balaban J connectivity index is 2.26. The van der Waals surface area contributed by atoms with Crippen LogP contribution in [0.5, 0.6) is 5.75 Å². The summed E-state index contributed by atoms with van der Waals surface area (Å²) in [6.07, 6.45) is 6.10. The van der Waals surface area contributed by atoms with Gasteiger partial charge >= 0.3 is 0 Å². The Bertz CT molecular complexity index is 407. The molecule has 1 heterocycles. The molecular formula is C14H19NO. The summed E-state index contributed by atoms with van der Waals surface area (Å²) in [6, 6.07) is 6.32. The van der Waals surface area contributed by atoms with Crippen LogP contribution in [0.1, 0.15) is 31.4 Å². The number of hydrogen-bond acceptors (Lipinski definition) is 2. The predicted molar refractivity (Wildman–Crippen MR) is 67.6 cm³/mol. The van der Waals surface area contributed by atoms with Crippen molar-refractivity contribution < 1.29 is 4.74 Å². The first-order valence-electron chi connectivity index (χ1n) is 5.80. The average molecular weight is 217 g/mol. The first-order valence-corrected chi connectivity index (χ1v) is 5.80. The van der Waals surface area contributed by atoms with Gasteiger partial charge < -0.3 is 10.5 Å². The third-order valence-electron chi connectivity index (χ3n) is 2.75. The Morgan fingerprint density at radius 2 is 2.25 bits per heavy atom. The maximum Gasteiger partial charge on any atom is 0.130 e. The molecule has 2 nitrogen and oxygen atoms in total. The molecule has 0 spiro atoms. The molecule has 1 aromatic rings. The summed E-state index contributed by atoms with van der Waals surface area (Å²) in [5.74, 6) is 1.04. The van der Waals surface area contributed by atoms with Crippen LogP contribution in [-0.4, -0.2) is 12.1 Å². The van der Waals surface area contributed by atoms with Gasteiger partial charge in [0.25, 0.3) is 0 Å². The number of fused-ring (bicyclic) bond motifs is 1. The fourth-order valence-corrected chi connectivity index (χ4v) is 2.08. The molecule has 0 saturated heterocycles. The Labute approximate surface area is 97.1 Å². The predicted octanol–water partition coefficient (Wildman–Crippen LogP) is 2.76. The molecule has 0 radical (unpaired) electrons. The fraction of sp³-hybridized carbons (Fsp3) is 0.429. The SMILES string of the molecule is CC1(C)Cc2cccc(C=CCCN)c2O1. The van der Waals surface area contributed by atoms with E-state index in [1.807, 2.05) is 0 Å². The van der Waals surface area contributed by atoms with Crippen LogP contribution < -0.4 is 10.5 Å². The Morgan fingerprint density at radius 3 is 3.00 bits per heavy atom. The van der Waals surface area contributed by atoms with E-state index in [0.29, 0.717) is 6.54 Å². The second-order valence-electron chi connectivity index (χ2n) is 4.85. The zero-order valence-corrected chi connectivity index (χ0v) is 9.99. The molecule has 2 heteroatoms. The molecule has 0 aromatic heterocycles. The molecule has 0 amide bonds. The molecule has 2 rings (SSSR count). The molecule has 86 valence electrons. The van der Waals surface area contributed by atoms with Gasteiger partial charge in [-0.2, -0.15) is 0 Å². The zero-order valence-electron chi connectivity index (χ0n) is 9.99. The van der Waals surface area contributed by atoms with Crippen LogP contribution in [0.4, 0.5) is 0 Å². The van der Waals surface area contributed by atoms with Crippen molar-refractivity contribution in [3.63, 3.8) is 0 Å². The van der Waals surface area contributed by atoms with Crippen molar-refractivity contribution in [3.8, 4) is 5.75 Å². The first-order chi connectivity index (χ1) is 7.62. The number of rotatable bonds is 3. The maximum atomic E-state index is 5.97. The van der Waals surface area contributed by atoms with E-state index in [1.165, 1.54) is 5.56 Å². The zero-order chi connectivity index (χ0) is 11.6. The molecule has 0 aliphatic carbocycles. The van der Waals surface area contributed by atoms with Crippen LogP contribution in [0.25, 0.3) is 6.08 Å². The van der Waals surface area contributed by atoms with Gasteiger partial charge in [0.15, 0.2) is 0 Å². The van der Waals surface area contributed by atoms with Gasteiger partial charge in [0.1, 0.15) is 11.4 Å². The van der Waals surface area contributed by atoms with Gasteiger partial charge in [-0.25, -0.2) is 0 Å². The molecule has 0 atom stereocenters. The molecule has 0 bridgehead atoms. The Morgan fingerprint density at radius 1 is 1.44 bits per heavy atom. The van der Waals surface area contributed by atoms with Crippen molar-refractivity contribution in [1.29, 1.82) is 0 Å². The summed E-state index contributed by atoms with van der Waals surface area (Å²) in [7, 11) is 0. The largest absolute Gasteiger partial charge is 0.487 e. The third-order valence-corrected chi connectivity index (χ3v) is 2.75. The van der Waals surface area contributed by atoms with Crippen LogP contribution in [0, 0.1) is 0 Å². The summed E-state index contributed by atoms with van der Waals surface area (Å²) in [6.45, 7) is 4.94. The van der Waals surface area contributed by atoms with Gasteiger partial charge in [-0.1, -0.05) is 30.4 Å². The minimum absolute atomic E-state index is 0.0693. The summed E-state index contributed by atoms with van der Waals surface area (Å²) < 4.78 is 5.97. The maximum absolute atomic E-state index is 5.97. The smallest absolute Gasteiger partial charge is 0.130 e.